The van der Waals surface area contributed by atoms with Crippen molar-refractivity contribution in [3.63, 3.8) is 0 Å². The van der Waals surface area contributed by atoms with E-state index < -0.39 is 42.2 Å². The molecule has 0 amide bonds. The quantitative estimate of drug-likeness (QED) is 0.396. The molecule has 0 unspecified atom stereocenters. The van der Waals surface area contributed by atoms with E-state index in [9.17, 15) is 19.2 Å². The first-order valence-electron chi connectivity index (χ1n) is 8.95. The molecule has 1 aromatic carbocycles. The predicted molar refractivity (Wildman–Crippen MR) is 99.4 cm³/mol. The molecule has 29 heavy (non-hydrogen) atoms. The summed E-state index contributed by atoms with van der Waals surface area (Å²) in [6.07, 6.45) is -3.53. The van der Waals surface area contributed by atoms with Crippen molar-refractivity contribution < 1.29 is 42.9 Å². The fraction of sp³-hybridized carbons (Fsp3) is 0.500. The van der Waals surface area contributed by atoms with E-state index in [1.54, 1.807) is 0 Å². The van der Waals surface area contributed by atoms with Crippen LogP contribution in [0.2, 0.25) is 0 Å². The molecule has 0 bridgehead atoms. The van der Waals surface area contributed by atoms with Crippen molar-refractivity contribution in [3.8, 4) is 0 Å². The average molecular weight is 410 g/mol. The minimum absolute atomic E-state index is 0.149. The zero-order chi connectivity index (χ0) is 21.8. The van der Waals surface area contributed by atoms with Crippen LogP contribution < -0.4 is 0 Å². The number of hydrogen-bond donors (Lipinski definition) is 0. The third-order valence-corrected chi connectivity index (χ3v) is 3.51. The van der Waals surface area contributed by atoms with Gasteiger partial charge in [-0.3, -0.25) is 19.2 Å². The van der Waals surface area contributed by atoms with Gasteiger partial charge in [0.15, 0.2) is 18.3 Å². The highest BCUT2D eigenvalue weighted by atomic mass is 16.6. The van der Waals surface area contributed by atoms with Crippen molar-refractivity contribution in [2.24, 2.45) is 0 Å². The second-order valence-electron chi connectivity index (χ2n) is 6.17. The summed E-state index contributed by atoms with van der Waals surface area (Å²) in [6, 6.07) is 9.26. The lowest BCUT2D eigenvalue weighted by atomic mass is 10.1. The first-order chi connectivity index (χ1) is 13.7. The van der Waals surface area contributed by atoms with E-state index in [0.717, 1.165) is 19.4 Å². The van der Waals surface area contributed by atoms with Crippen LogP contribution in [0.15, 0.2) is 30.3 Å². The van der Waals surface area contributed by atoms with Crippen LogP contribution in [0.4, 0.5) is 0 Å². The molecule has 0 aliphatic carbocycles. The number of ether oxygens (including phenoxy) is 5. The molecule has 0 saturated heterocycles. The Morgan fingerprint density at radius 1 is 0.724 bits per heavy atom. The molecule has 0 aliphatic rings. The first-order valence-corrected chi connectivity index (χ1v) is 8.95. The summed E-state index contributed by atoms with van der Waals surface area (Å²) >= 11 is 0. The number of benzene rings is 1. The zero-order valence-electron chi connectivity index (χ0n) is 16.9. The summed E-state index contributed by atoms with van der Waals surface area (Å²) in [7, 11) is 0. The van der Waals surface area contributed by atoms with Gasteiger partial charge in [-0.15, -0.1) is 0 Å². The van der Waals surface area contributed by atoms with Crippen molar-refractivity contribution in [1.29, 1.82) is 0 Å². The lowest BCUT2D eigenvalue weighted by Crippen LogP contribution is -2.49. The fourth-order valence-corrected chi connectivity index (χ4v) is 2.47. The Labute approximate surface area is 169 Å². The van der Waals surface area contributed by atoms with Gasteiger partial charge >= 0.3 is 23.9 Å². The van der Waals surface area contributed by atoms with Crippen LogP contribution in [-0.2, 0) is 49.5 Å². The summed E-state index contributed by atoms with van der Waals surface area (Å²) in [5.41, 5.74) is 0.884. The number of rotatable bonds is 11. The molecule has 0 aromatic heterocycles. The highest BCUT2D eigenvalue weighted by Gasteiger charge is 2.38. The van der Waals surface area contributed by atoms with Gasteiger partial charge in [-0.1, -0.05) is 30.3 Å². The van der Waals surface area contributed by atoms with Gasteiger partial charge in [0.05, 0.1) is 13.2 Å². The first kappa shape index (κ1) is 24.1. The molecule has 1 aromatic rings. The predicted octanol–water partition coefficient (Wildman–Crippen LogP) is 1.56. The molecule has 9 heteroatoms. The number of esters is 4. The standard InChI is InChI=1S/C20H26O9/c1-13(21)26-12-19(28-15(3)23)20(29-16(4)24)18(27-14(2)22)11-25-10-17-8-6-5-7-9-17/h5-9,18-20H,10-12H2,1-4H3/t18-,19+,20+/m0/s1. The molecule has 1 rings (SSSR count). The Morgan fingerprint density at radius 2 is 1.24 bits per heavy atom. The topological polar surface area (TPSA) is 114 Å². The SMILES string of the molecule is CC(=O)OC[C@@H](OC(C)=O)[C@H](OC(C)=O)[C@H](COCc1ccccc1)OC(C)=O. The van der Waals surface area contributed by atoms with E-state index >= 15 is 0 Å². The van der Waals surface area contributed by atoms with Gasteiger partial charge in [0, 0.05) is 27.7 Å². The van der Waals surface area contributed by atoms with Gasteiger partial charge in [-0.05, 0) is 5.56 Å². The van der Waals surface area contributed by atoms with Gasteiger partial charge in [-0.2, -0.15) is 0 Å². The smallest absolute Gasteiger partial charge is 0.303 e. The highest BCUT2D eigenvalue weighted by molar-refractivity contribution is 5.68. The average Bonchev–Trinajstić information content (AvgIpc) is 2.62. The Balaban J connectivity index is 3.00. The monoisotopic (exact) mass is 410 g/mol. The minimum atomic E-state index is -1.24. The second-order valence-corrected chi connectivity index (χ2v) is 6.17. The maximum absolute atomic E-state index is 11.6. The summed E-state index contributed by atoms with van der Waals surface area (Å²) in [6.45, 7) is 4.35. The van der Waals surface area contributed by atoms with Gasteiger partial charge < -0.3 is 23.7 Å². The minimum Gasteiger partial charge on any atom is -0.462 e. The number of carbonyl (C=O) groups is 4. The van der Waals surface area contributed by atoms with Crippen molar-refractivity contribution in [2.75, 3.05) is 13.2 Å². The van der Waals surface area contributed by atoms with Gasteiger partial charge in [0.2, 0.25) is 0 Å². The molecule has 0 saturated carbocycles. The highest BCUT2D eigenvalue weighted by Crippen LogP contribution is 2.16. The van der Waals surface area contributed by atoms with Crippen LogP contribution in [0, 0.1) is 0 Å². The Hall–Kier alpha value is -2.94. The summed E-state index contributed by atoms with van der Waals surface area (Å²) in [4.78, 5) is 45.9. The normalized spacial score (nSPS) is 13.5. The molecule has 0 radical (unpaired) electrons. The zero-order valence-corrected chi connectivity index (χ0v) is 16.9. The van der Waals surface area contributed by atoms with E-state index in [1.807, 2.05) is 30.3 Å². The Bertz CT molecular complexity index is 686. The molecule has 3 atom stereocenters. The third kappa shape index (κ3) is 10.2. The maximum Gasteiger partial charge on any atom is 0.303 e. The molecule has 160 valence electrons. The summed E-state index contributed by atoms with van der Waals surface area (Å²) in [5.74, 6) is -2.65. The van der Waals surface area contributed by atoms with Crippen molar-refractivity contribution in [3.05, 3.63) is 35.9 Å². The van der Waals surface area contributed by atoms with Crippen LogP contribution in [0.1, 0.15) is 33.3 Å². The van der Waals surface area contributed by atoms with Crippen LogP contribution in [0.3, 0.4) is 0 Å². The lowest BCUT2D eigenvalue weighted by molar-refractivity contribution is -0.193. The molecule has 0 spiro atoms. The largest absolute Gasteiger partial charge is 0.462 e. The van der Waals surface area contributed by atoms with E-state index in [-0.39, 0.29) is 19.8 Å². The van der Waals surface area contributed by atoms with Crippen molar-refractivity contribution in [1.82, 2.24) is 0 Å². The second kappa shape index (κ2) is 12.5. The Morgan fingerprint density at radius 3 is 1.72 bits per heavy atom. The fourth-order valence-electron chi connectivity index (χ4n) is 2.47. The van der Waals surface area contributed by atoms with Crippen LogP contribution in [-0.4, -0.2) is 55.4 Å². The van der Waals surface area contributed by atoms with E-state index in [2.05, 4.69) is 0 Å². The molecular weight excluding hydrogens is 384 g/mol. The van der Waals surface area contributed by atoms with Gasteiger partial charge in [0.25, 0.3) is 0 Å². The molecule has 0 fully saturated rings. The molecular formula is C20H26O9. The lowest BCUT2D eigenvalue weighted by Gasteiger charge is -2.31. The Kier molecular flexibility index (Phi) is 10.4. The number of hydrogen-bond acceptors (Lipinski definition) is 9. The summed E-state index contributed by atoms with van der Waals surface area (Å²) in [5, 5.41) is 0. The van der Waals surface area contributed by atoms with Crippen LogP contribution >= 0.6 is 0 Å². The van der Waals surface area contributed by atoms with Crippen molar-refractivity contribution >= 4 is 23.9 Å². The molecule has 0 N–H and O–H groups in total. The molecule has 0 heterocycles. The maximum atomic E-state index is 11.6. The third-order valence-electron chi connectivity index (χ3n) is 3.51. The molecule has 9 nitrogen and oxygen atoms in total. The van der Waals surface area contributed by atoms with Crippen LogP contribution in [0.5, 0.6) is 0 Å². The summed E-state index contributed by atoms with van der Waals surface area (Å²) < 4.78 is 26.2. The van der Waals surface area contributed by atoms with E-state index in [4.69, 9.17) is 23.7 Å². The van der Waals surface area contributed by atoms with Gasteiger partial charge in [0.1, 0.15) is 6.61 Å². The van der Waals surface area contributed by atoms with Crippen LogP contribution in [0.25, 0.3) is 0 Å². The van der Waals surface area contributed by atoms with E-state index in [0.29, 0.717) is 0 Å². The van der Waals surface area contributed by atoms with Gasteiger partial charge in [-0.25, -0.2) is 0 Å². The molecule has 0 aliphatic heterocycles. The van der Waals surface area contributed by atoms with Crippen molar-refractivity contribution in [2.45, 2.75) is 52.6 Å². The van der Waals surface area contributed by atoms with E-state index in [1.165, 1.54) is 13.8 Å². The number of carbonyl (C=O) groups excluding carboxylic acids is 4.